The minimum Gasteiger partial charge on any atom is -0.459 e. The van der Waals surface area contributed by atoms with Crippen LogP contribution in [0.3, 0.4) is 0 Å². The van der Waals surface area contributed by atoms with Crippen LogP contribution in [0.2, 0.25) is 0 Å². The molecule has 1 aliphatic rings. The number of amides is 1. The summed E-state index contributed by atoms with van der Waals surface area (Å²) >= 11 is 0. The third-order valence-corrected chi connectivity index (χ3v) is 5.35. The number of furan rings is 1. The summed E-state index contributed by atoms with van der Waals surface area (Å²) in [6, 6.07) is 10.2. The van der Waals surface area contributed by atoms with Crippen molar-refractivity contribution in [3.63, 3.8) is 0 Å². The van der Waals surface area contributed by atoms with Crippen molar-refractivity contribution in [2.24, 2.45) is 0 Å². The maximum Gasteiger partial charge on any atom is 0.291 e. The van der Waals surface area contributed by atoms with Crippen molar-refractivity contribution in [3.05, 3.63) is 54.0 Å². The van der Waals surface area contributed by atoms with Gasteiger partial charge in [-0.25, -0.2) is 0 Å². The van der Waals surface area contributed by atoms with Gasteiger partial charge in [-0.05, 0) is 42.7 Å². The number of benzene rings is 1. The first-order valence-corrected chi connectivity index (χ1v) is 9.17. The lowest BCUT2D eigenvalue weighted by atomic mass is 10.2. The number of carbonyl (C=O) groups is 1. The molecule has 1 aliphatic heterocycles. The number of rotatable bonds is 6. The van der Waals surface area contributed by atoms with E-state index in [0.717, 1.165) is 18.4 Å². The normalized spacial score (nSPS) is 15.5. The zero-order chi connectivity index (χ0) is 17.0. The fourth-order valence-electron chi connectivity index (χ4n) is 2.55. The minimum absolute atomic E-state index is 0.170. The van der Waals surface area contributed by atoms with E-state index < -0.39 is 10.2 Å². The number of anilines is 1. The highest BCUT2D eigenvalue weighted by Crippen LogP contribution is 2.15. The lowest BCUT2D eigenvalue weighted by Crippen LogP contribution is -2.38. The molecule has 2 N–H and O–H groups in total. The predicted molar refractivity (Wildman–Crippen MR) is 89.7 cm³/mol. The van der Waals surface area contributed by atoms with Crippen molar-refractivity contribution < 1.29 is 17.6 Å². The summed E-state index contributed by atoms with van der Waals surface area (Å²) in [5, 5.41) is 2.72. The largest absolute Gasteiger partial charge is 0.459 e. The SMILES string of the molecule is O=C(Nc1cccc(CNS(=O)(=O)N2CCCC2)c1)c1ccco1. The van der Waals surface area contributed by atoms with Crippen molar-refractivity contribution in [1.82, 2.24) is 9.03 Å². The standard InChI is InChI=1S/C16H19N3O4S/c20-16(15-7-4-10-23-15)18-14-6-3-5-13(11-14)12-17-24(21,22)19-8-1-2-9-19/h3-7,10-11,17H,1-2,8-9,12H2,(H,18,20). The van der Waals surface area contributed by atoms with Crippen LogP contribution in [0.1, 0.15) is 29.0 Å². The second kappa shape index (κ2) is 7.16. The Morgan fingerprint density at radius 1 is 1.17 bits per heavy atom. The molecule has 0 radical (unpaired) electrons. The maximum atomic E-state index is 12.2. The van der Waals surface area contributed by atoms with Crippen LogP contribution in [-0.2, 0) is 16.8 Å². The fourth-order valence-corrected chi connectivity index (χ4v) is 3.82. The van der Waals surface area contributed by atoms with E-state index in [1.807, 2.05) is 0 Å². The maximum absolute atomic E-state index is 12.2. The smallest absolute Gasteiger partial charge is 0.291 e. The van der Waals surface area contributed by atoms with Crippen molar-refractivity contribution >= 4 is 21.8 Å². The summed E-state index contributed by atoms with van der Waals surface area (Å²) in [6.07, 6.45) is 3.23. The molecule has 1 aromatic heterocycles. The van der Waals surface area contributed by atoms with Gasteiger partial charge in [0.2, 0.25) is 0 Å². The highest BCUT2D eigenvalue weighted by atomic mass is 32.2. The van der Waals surface area contributed by atoms with E-state index in [9.17, 15) is 13.2 Å². The van der Waals surface area contributed by atoms with E-state index in [4.69, 9.17) is 4.42 Å². The number of nitrogens with zero attached hydrogens (tertiary/aromatic N) is 1. The number of carbonyl (C=O) groups excluding carboxylic acids is 1. The Kier molecular flexibility index (Phi) is 4.98. The van der Waals surface area contributed by atoms with Crippen LogP contribution < -0.4 is 10.0 Å². The Morgan fingerprint density at radius 3 is 2.67 bits per heavy atom. The van der Waals surface area contributed by atoms with Crippen LogP contribution in [0, 0.1) is 0 Å². The summed E-state index contributed by atoms with van der Waals surface area (Å²) < 4.78 is 33.4. The Labute approximate surface area is 140 Å². The van der Waals surface area contributed by atoms with E-state index in [1.165, 1.54) is 10.6 Å². The molecule has 0 atom stereocenters. The summed E-state index contributed by atoms with van der Waals surface area (Å²) in [4.78, 5) is 12.0. The molecule has 7 nitrogen and oxygen atoms in total. The quantitative estimate of drug-likeness (QED) is 0.834. The van der Waals surface area contributed by atoms with Crippen LogP contribution in [0.5, 0.6) is 0 Å². The highest BCUT2D eigenvalue weighted by Gasteiger charge is 2.24. The molecule has 0 bridgehead atoms. The van der Waals surface area contributed by atoms with Gasteiger partial charge in [-0.15, -0.1) is 0 Å². The van der Waals surface area contributed by atoms with Crippen LogP contribution in [0.15, 0.2) is 47.1 Å². The van der Waals surface area contributed by atoms with Gasteiger partial charge in [0, 0.05) is 25.3 Å². The number of nitrogens with one attached hydrogen (secondary N) is 2. The molecule has 1 fully saturated rings. The van der Waals surface area contributed by atoms with Gasteiger partial charge in [0.1, 0.15) is 0 Å². The summed E-state index contributed by atoms with van der Waals surface area (Å²) in [7, 11) is -3.45. The van der Waals surface area contributed by atoms with Crippen molar-refractivity contribution in [2.45, 2.75) is 19.4 Å². The molecule has 0 aliphatic carbocycles. The number of hydrogen-bond donors (Lipinski definition) is 2. The zero-order valence-corrected chi connectivity index (χ0v) is 13.9. The third-order valence-electron chi connectivity index (χ3n) is 3.79. The molecule has 24 heavy (non-hydrogen) atoms. The van der Waals surface area contributed by atoms with Gasteiger partial charge in [0.15, 0.2) is 5.76 Å². The molecular weight excluding hydrogens is 330 g/mol. The molecule has 3 rings (SSSR count). The van der Waals surface area contributed by atoms with Crippen LogP contribution >= 0.6 is 0 Å². The zero-order valence-electron chi connectivity index (χ0n) is 13.1. The molecule has 1 aromatic carbocycles. The van der Waals surface area contributed by atoms with Crippen molar-refractivity contribution in [3.8, 4) is 0 Å². The first-order valence-electron chi connectivity index (χ1n) is 7.73. The summed E-state index contributed by atoms with van der Waals surface area (Å²) in [5.41, 5.74) is 1.34. The molecule has 0 unspecified atom stereocenters. The van der Waals surface area contributed by atoms with Gasteiger partial charge in [0.05, 0.1) is 6.26 Å². The van der Waals surface area contributed by atoms with Crippen molar-refractivity contribution in [2.75, 3.05) is 18.4 Å². The molecule has 0 spiro atoms. The monoisotopic (exact) mass is 349 g/mol. The molecule has 2 aromatic rings. The van der Waals surface area contributed by atoms with Gasteiger partial charge in [-0.2, -0.15) is 17.4 Å². The van der Waals surface area contributed by atoms with Gasteiger partial charge >= 0.3 is 0 Å². The van der Waals surface area contributed by atoms with E-state index >= 15 is 0 Å². The first kappa shape index (κ1) is 16.7. The Bertz CT molecular complexity index is 796. The molecule has 1 saturated heterocycles. The van der Waals surface area contributed by atoms with E-state index in [2.05, 4.69) is 10.0 Å². The lowest BCUT2D eigenvalue weighted by Gasteiger charge is -2.16. The number of hydrogen-bond acceptors (Lipinski definition) is 4. The average Bonchev–Trinajstić information content (AvgIpc) is 3.26. The second-order valence-electron chi connectivity index (χ2n) is 5.56. The molecule has 2 heterocycles. The molecular formula is C16H19N3O4S. The Balaban J connectivity index is 1.62. The molecule has 1 amide bonds. The Hall–Kier alpha value is -2.16. The minimum atomic E-state index is -3.45. The lowest BCUT2D eigenvalue weighted by molar-refractivity contribution is 0.0996. The van der Waals surface area contributed by atoms with Crippen molar-refractivity contribution in [1.29, 1.82) is 0 Å². The van der Waals surface area contributed by atoms with E-state index in [1.54, 1.807) is 36.4 Å². The van der Waals surface area contributed by atoms with Crippen LogP contribution in [0.4, 0.5) is 5.69 Å². The average molecular weight is 349 g/mol. The second-order valence-corrected chi connectivity index (χ2v) is 7.32. The van der Waals surface area contributed by atoms with Gasteiger partial charge in [-0.3, -0.25) is 4.79 Å². The molecule has 8 heteroatoms. The van der Waals surface area contributed by atoms with Gasteiger partial charge < -0.3 is 9.73 Å². The summed E-state index contributed by atoms with van der Waals surface area (Å²) in [6.45, 7) is 1.30. The van der Waals surface area contributed by atoms with Gasteiger partial charge in [0.25, 0.3) is 16.1 Å². The topological polar surface area (TPSA) is 91.7 Å². The fraction of sp³-hybridized carbons (Fsp3) is 0.312. The van der Waals surface area contributed by atoms with Crippen LogP contribution in [0.25, 0.3) is 0 Å². The first-order chi connectivity index (χ1) is 11.5. The highest BCUT2D eigenvalue weighted by molar-refractivity contribution is 7.87. The van der Waals surface area contributed by atoms with Crippen LogP contribution in [-0.4, -0.2) is 31.7 Å². The third kappa shape index (κ3) is 4.02. The predicted octanol–water partition coefficient (Wildman–Crippen LogP) is 1.96. The summed E-state index contributed by atoms with van der Waals surface area (Å²) in [5.74, 6) is -0.134. The Morgan fingerprint density at radius 2 is 1.96 bits per heavy atom. The molecule has 128 valence electrons. The van der Waals surface area contributed by atoms with E-state index in [-0.39, 0.29) is 18.2 Å². The van der Waals surface area contributed by atoms with E-state index in [0.29, 0.717) is 18.8 Å². The van der Waals surface area contributed by atoms with Gasteiger partial charge in [-0.1, -0.05) is 12.1 Å². The molecule has 0 saturated carbocycles.